The number of hydrogen-bond donors (Lipinski definition) is 0. The molecule has 0 rings (SSSR count). The largest absolute Gasteiger partial charge is 0.466 e. The molecule has 0 N–H and O–H groups in total. The zero-order chi connectivity index (χ0) is 8.69. The van der Waals surface area contributed by atoms with Crippen molar-refractivity contribution in [1.82, 2.24) is 0 Å². The molecule has 11 heavy (non-hydrogen) atoms. The Kier molecular flexibility index (Phi) is 5.90. The third-order valence-electron chi connectivity index (χ3n) is 1.39. The van der Waals surface area contributed by atoms with Crippen molar-refractivity contribution in [3.8, 4) is 0 Å². The van der Waals surface area contributed by atoms with Gasteiger partial charge in [0.15, 0.2) is 0 Å². The van der Waals surface area contributed by atoms with Crippen LogP contribution in [0.2, 0.25) is 0 Å². The second-order valence-corrected chi connectivity index (χ2v) is 3.15. The summed E-state index contributed by atoms with van der Waals surface area (Å²) in [6.45, 7) is 6.77. The molecule has 0 unspecified atom stereocenters. The van der Waals surface area contributed by atoms with E-state index in [1.165, 1.54) is 0 Å². The maximum atomic E-state index is 10.9. The fourth-order valence-corrected chi connectivity index (χ4v) is 0.695. The van der Waals surface area contributed by atoms with Crippen molar-refractivity contribution in [1.29, 1.82) is 0 Å². The summed E-state index contributed by atoms with van der Waals surface area (Å²) in [6, 6.07) is 0. The normalized spacial score (nSPS) is 10.2. The van der Waals surface area contributed by atoms with Gasteiger partial charge < -0.3 is 4.74 Å². The van der Waals surface area contributed by atoms with E-state index in [0.717, 1.165) is 12.8 Å². The molecule has 0 bridgehead atoms. The van der Waals surface area contributed by atoms with E-state index in [4.69, 9.17) is 4.74 Å². The standard InChI is InChI=1S/C9H18O2/c1-4-7-11-9(10)6-5-8(2)3/h8H,4-7H2,1-3H3. The molecule has 2 nitrogen and oxygen atoms in total. The van der Waals surface area contributed by atoms with Crippen molar-refractivity contribution in [2.75, 3.05) is 6.61 Å². The number of carbonyl (C=O) groups is 1. The molecule has 0 aliphatic heterocycles. The lowest BCUT2D eigenvalue weighted by Gasteiger charge is -2.04. The number of esters is 1. The highest BCUT2D eigenvalue weighted by atomic mass is 16.5. The van der Waals surface area contributed by atoms with Crippen LogP contribution in [0.25, 0.3) is 0 Å². The van der Waals surface area contributed by atoms with Crippen LogP contribution < -0.4 is 0 Å². The van der Waals surface area contributed by atoms with Crippen molar-refractivity contribution in [2.24, 2.45) is 5.92 Å². The van der Waals surface area contributed by atoms with Gasteiger partial charge in [-0.3, -0.25) is 4.79 Å². The molecular formula is C9H18O2. The molecule has 0 saturated carbocycles. The van der Waals surface area contributed by atoms with E-state index in [1.807, 2.05) is 6.92 Å². The van der Waals surface area contributed by atoms with Crippen LogP contribution in [0.1, 0.15) is 40.0 Å². The van der Waals surface area contributed by atoms with Crippen molar-refractivity contribution in [3.05, 3.63) is 0 Å². The molecule has 0 aromatic heterocycles. The first-order valence-corrected chi connectivity index (χ1v) is 4.32. The van der Waals surface area contributed by atoms with Gasteiger partial charge in [0.05, 0.1) is 6.61 Å². The van der Waals surface area contributed by atoms with Crippen LogP contribution in [-0.2, 0) is 9.53 Å². The summed E-state index contributed by atoms with van der Waals surface area (Å²) in [7, 11) is 0. The zero-order valence-corrected chi connectivity index (χ0v) is 7.72. The van der Waals surface area contributed by atoms with Gasteiger partial charge in [-0.2, -0.15) is 0 Å². The van der Waals surface area contributed by atoms with E-state index in [2.05, 4.69) is 13.8 Å². The molecule has 0 aliphatic carbocycles. The molecule has 0 heterocycles. The van der Waals surface area contributed by atoms with Gasteiger partial charge in [-0.05, 0) is 18.8 Å². The number of ether oxygens (including phenoxy) is 1. The van der Waals surface area contributed by atoms with Gasteiger partial charge in [-0.1, -0.05) is 20.8 Å². The van der Waals surface area contributed by atoms with Gasteiger partial charge >= 0.3 is 5.97 Å². The van der Waals surface area contributed by atoms with Gasteiger partial charge in [0, 0.05) is 6.42 Å². The second-order valence-electron chi connectivity index (χ2n) is 3.15. The lowest BCUT2D eigenvalue weighted by molar-refractivity contribution is -0.143. The minimum atomic E-state index is -0.0550. The van der Waals surface area contributed by atoms with Crippen molar-refractivity contribution in [2.45, 2.75) is 40.0 Å². The summed E-state index contributed by atoms with van der Waals surface area (Å²) < 4.78 is 4.90. The predicted octanol–water partition coefficient (Wildman–Crippen LogP) is 2.38. The Balaban J connectivity index is 3.23. The minimum absolute atomic E-state index is 0.0550. The minimum Gasteiger partial charge on any atom is -0.466 e. The maximum Gasteiger partial charge on any atom is 0.305 e. The van der Waals surface area contributed by atoms with Gasteiger partial charge in [-0.25, -0.2) is 0 Å². The number of carbonyl (C=O) groups excluding carboxylic acids is 1. The van der Waals surface area contributed by atoms with Gasteiger partial charge in [0.1, 0.15) is 0 Å². The average molecular weight is 158 g/mol. The summed E-state index contributed by atoms with van der Waals surface area (Å²) in [6.07, 6.45) is 2.41. The molecule has 0 aromatic rings. The fraction of sp³-hybridized carbons (Fsp3) is 0.889. The molecule has 0 amide bonds. The van der Waals surface area contributed by atoms with Crippen LogP contribution in [0, 0.1) is 5.92 Å². The SMILES string of the molecule is CCCOC(=O)CCC(C)C. The lowest BCUT2D eigenvalue weighted by Crippen LogP contribution is -2.06. The highest BCUT2D eigenvalue weighted by molar-refractivity contribution is 5.69. The Morgan fingerprint density at radius 1 is 1.45 bits per heavy atom. The van der Waals surface area contributed by atoms with Crippen LogP contribution in [0.4, 0.5) is 0 Å². The summed E-state index contributed by atoms with van der Waals surface area (Å²) in [5.74, 6) is 0.532. The summed E-state index contributed by atoms with van der Waals surface area (Å²) in [4.78, 5) is 10.9. The fourth-order valence-electron chi connectivity index (χ4n) is 0.695. The summed E-state index contributed by atoms with van der Waals surface area (Å²) >= 11 is 0. The number of rotatable bonds is 5. The van der Waals surface area contributed by atoms with Crippen LogP contribution in [0.3, 0.4) is 0 Å². The monoisotopic (exact) mass is 158 g/mol. The van der Waals surface area contributed by atoms with Crippen molar-refractivity contribution >= 4 is 5.97 Å². The van der Waals surface area contributed by atoms with E-state index in [9.17, 15) is 4.79 Å². The Morgan fingerprint density at radius 3 is 2.55 bits per heavy atom. The molecule has 0 aliphatic rings. The predicted molar refractivity (Wildman–Crippen MR) is 45.3 cm³/mol. The highest BCUT2D eigenvalue weighted by Crippen LogP contribution is 2.04. The molecule has 0 spiro atoms. The summed E-state index contributed by atoms with van der Waals surface area (Å²) in [5, 5.41) is 0. The van der Waals surface area contributed by atoms with Crippen molar-refractivity contribution in [3.63, 3.8) is 0 Å². The first-order valence-electron chi connectivity index (χ1n) is 4.32. The van der Waals surface area contributed by atoms with Crippen LogP contribution >= 0.6 is 0 Å². The molecule has 0 saturated heterocycles. The number of hydrogen-bond acceptors (Lipinski definition) is 2. The Hall–Kier alpha value is -0.530. The first-order chi connectivity index (χ1) is 5.16. The van der Waals surface area contributed by atoms with Gasteiger partial charge in [-0.15, -0.1) is 0 Å². The molecule has 0 fully saturated rings. The molecule has 0 aromatic carbocycles. The topological polar surface area (TPSA) is 26.3 Å². The Bertz CT molecular complexity index is 108. The lowest BCUT2D eigenvalue weighted by atomic mass is 10.1. The van der Waals surface area contributed by atoms with Crippen LogP contribution in [-0.4, -0.2) is 12.6 Å². The molecule has 0 radical (unpaired) electrons. The second kappa shape index (κ2) is 6.20. The van der Waals surface area contributed by atoms with Crippen LogP contribution in [0.5, 0.6) is 0 Å². The van der Waals surface area contributed by atoms with E-state index in [1.54, 1.807) is 0 Å². The van der Waals surface area contributed by atoms with Gasteiger partial charge in [0.2, 0.25) is 0 Å². The quantitative estimate of drug-likeness (QED) is 0.574. The first kappa shape index (κ1) is 10.5. The van der Waals surface area contributed by atoms with E-state index < -0.39 is 0 Å². The zero-order valence-electron chi connectivity index (χ0n) is 7.72. The molecule has 2 heteroatoms. The third-order valence-corrected chi connectivity index (χ3v) is 1.39. The Labute approximate surface area is 68.9 Å². The molecule has 0 atom stereocenters. The Morgan fingerprint density at radius 2 is 2.09 bits per heavy atom. The van der Waals surface area contributed by atoms with Crippen molar-refractivity contribution < 1.29 is 9.53 Å². The maximum absolute atomic E-state index is 10.9. The summed E-state index contributed by atoms with van der Waals surface area (Å²) in [5.41, 5.74) is 0. The molecule has 66 valence electrons. The van der Waals surface area contributed by atoms with Gasteiger partial charge in [0.25, 0.3) is 0 Å². The van der Waals surface area contributed by atoms with E-state index in [-0.39, 0.29) is 5.97 Å². The van der Waals surface area contributed by atoms with Crippen LogP contribution in [0.15, 0.2) is 0 Å². The average Bonchev–Trinajstić information content (AvgIpc) is 1.97. The van der Waals surface area contributed by atoms with E-state index >= 15 is 0 Å². The smallest absolute Gasteiger partial charge is 0.305 e. The third kappa shape index (κ3) is 7.37. The van der Waals surface area contributed by atoms with E-state index in [0.29, 0.717) is 18.9 Å². The molecular weight excluding hydrogens is 140 g/mol. The highest BCUT2D eigenvalue weighted by Gasteiger charge is 2.02.